The van der Waals surface area contributed by atoms with Crippen molar-refractivity contribution in [2.75, 3.05) is 0 Å². The highest BCUT2D eigenvalue weighted by Gasteiger charge is 2.82. The lowest BCUT2D eigenvalue weighted by molar-refractivity contribution is -0.567. The van der Waals surface area contributed by atoms with Gasteiger partial charge in [-0.15, -0.1) is 4.94 Å². The van der Waals surface area contributed by atoms with Gasteiger partial charge in [-0.1, -0.05) is 6.04 Å². The van der Waals surface area contributed by atoms with Crippen molar-refractivity contribution in [3.8, 4) is 0 Å². The van der Waals surface area contributed by atoms with Gasteiger partial charge in [-0.25, -0.2) is 4.39 Å². The lowest BCUT2D eigenvalue weighted by Gasteiger charge is -2.39. The summed E-state index contributed by atoms with van der Waals surface area (Å²) in [6.45, 7) is 0. The first kappa shape index (κ1) is 27.0. The smallest absolute Gasteiger partial charge is 0.270 e. The van der Waals surface area contributed by atoms with Gasteiger partial charge in [0, 0.05) is 16.7 Å². The SMILES string of the molecule is FOC(F)(F)C(F)(F)OC(F)(C(F)(F)F)C(F)(F)OC(F)(CC[SiH3])C(F)(F)F. The van der Waals surface area contributed by atoms with Crippen LogP contribution >= 0.6 is 0 Å². The maximum absolute atomic E-state index is 13.7. The Morgan fingerprint density at radius 1 is 0.571 bits per heavy atom. The van der Waals surface area contributed by atoms with E-state index in [9.17, 15) is 66.0 Å². The molecule has 0 heterocycles. The van der Waals surface area contributed by atoms with Crippen molar-refractivity contribution in [2.24, 2.45) is 0 Å². The molecule has 0 rings (SSSR count). The fourth-order valence-electron chi connectivity index (χ4n) is 1.40. The first-order valence-corrected chi connectivity index (χ1v) is 7.80. The fourth-order valence-corrected chi connectivity index (χ4v) is 2.05. The summed E-state index contributed by atoms with van der Waals surface area (Å²) in [5.74, 6) is -13.2. The second kappa shape index (κ2) is 7.71. The van der Waals surface area contributed by atoms with Crippen molar-refractivity contribution in [2.45, 2.75) is 54.9 Å². The highest BCUT2D eigenvalue weighted by Crippen LogP contribution is 2.55. The molecular formula is C9H7F15O3Si. The molecule has 0 aliphatic heterocycles. The highest BCUT2D eigenvalue weighted by atomic mass is 28.1. The molecule has 0 bridgehead atoms. The van der Waals surface area contributed by atoms with Gasteiger partial charge in [0.2, 0.25) is 0 Å². The molecule has 0 saturated heterocycles. The molecular weight excluding hydrogens is 469 g/mol. The minimum atomic E-state index is -7.53. The van der Waals surface area contributed by atoms with E-state index in [2.05, 4.69) is 4.74 Å². The fraction of sp³-hybridized carbons (Fsp3) is 1.00. The molecule has 0 saturated carbocycles. The number of hydrogen-bond donors (Lipinski definition) is 0. The lowest BCUT2D eigenvalue weighted by atomic mass is 10.2. The molecule has 2 unspecified atom stereocenters. The second-order valence-corrected chi connectivity index (χ2v) is 5.90. The van der Waals surface area contributed by atoms with E-state index in [1.165, 1.54) is 4.94 Å². The summed E-state index contributed by atoms with van der Waals surface area (Å²) in [7, 11) is -0.377. The van der Waals surface area contributed by atoms with E-state index in [0.29, 0.717) is 0 Å². The van der Waals surface area contributed by atoms with E-state index < -0.39 is 54.9 Å². The molecule has 28 heavy (non-hydrogen) atoms. The van der Waals surface area contributed by atoms with Gasteiger partial charge in [0.1, 0.15) is 0 Å². The summed E-state index contributed by atoms with van der Waals surface area (Å²) >= 11 is 0. The van der Waals surface area contributed by atoms with Gasteiger partial charge in [-0.3, -0.25) is 9.47 Å². The molecule has 3 nitrogen and oxygen atoms in total. The summed E-state index contributed by atoms with van der Waals surface area (Å²) in [6.07, 6.45) is -37.5. The highest BCUT2D eigenvalue weighted by molar-refractivity contribution is 6.08. The van der Waals surface area contributed by atoms with Gasteiger partial charge in [0.25, 0.3) is 0 Å². The summed E-state index contributed by atoms with van der Waals surface area (Å²) in [5.41, 5.74) is 0. The Bertz CT molecular complexity index is 534. The molecule has 2 atom stereocenters. The predicted octanol–water partition coefficient (Wildman–Crippen LogP) is 4.33. The summed E-state index contributed by atoms with van der Waals surface area (Å²) in [5, 5.41) is 0. The van der Waals surface area contributed by atoms with Gasteiger partial charge in [0.05, 0.1) is 0 Å². The van der Waals surface area contributed by atoms with E-state index in [4.69, 9.17) is 0 Å². The zero-order valence-electron chi connectivity index (χ0n) is 12.8. The normalized spacial score (nSPS) is 19.4. The molecule has 0 spiro atoms. The van der Waals surface area contributed by atoms with Crippen LogP contribution < -0.4 is 0 Å². The Kier molecular flexibility index (Phi) is 7.44. The standard InChI is InChI=1S/C9H7F15O3Si/c10-3(1-2-28,5(12,13)14)25-7(18,19)4(11,6(15,16)17)26-8(20,21)9(22,23)27-24/h1-2H2,28H3. The molecule has 0 amide bonds. The van der Waals surface area contributed by atoms with Gasteiger partial charge < -0.3 is 0 Å². The molecule has 0 N–H and O–H groups in total. The topological polar surface area (TPSA) is 27.7 Å². The third-order valence-corrected chi connectivity index (χ3v) is 3.23. The van der Waals surface area contributed by atoms with Crippen molar-refractivity contribution in [1.82, 2.24) is 0 Å². The van der Waals surface area contributed by atoms with E-state index in [1.807, 2.05) is 0 Å². The Hall–Kier alpha value is -0.953. The van der Waals surface area contributed by atoms with Crippen molar-refractivity contribution < 1.29 is 80.4 Å². The number of hydrogen-bond acceptors (Lipinski definition) is 3. The molecule has 0 aromatic heterocycles. The minimum absolute atomic E-state index is 0.377. The van der Waals surface area contributed by atoms with Crippen molar-refractivity contribution in [3.05, 3.63) is 0 Å². The first-order valence-electron chi connectivity index (χ1n) is 6.38. The maximum Gasteiger partial charge on any atom is 0.478 e. The summed E-state index contributed by atoms with van der Waals surface area (Å²) in [4.78, 5) is 1.19. The van der Waals surface area contributed by atoms with Crippen LogP contribution in [-0.2, 0) is 14.4 Å². The number of ether oxygens (including phenoxy) is 2. The van der Waals surface area contributed by atoms with E-state index in [-0.39, 0.29) is 10.2 Å². The third kappa shape index (κ3) is 4.96. The summed E-state index contributed by atoms with van der Waals surface area (Å²) < 4.78 is 195. The van der Waals surface area contributed by atoms with Crippen LogP contribution in [0.25, 0.3) is 0 Å². The van der Waals surface area contributed by atoms with Crippen molar-refractivity contribution >= 4 is 10.2 Å². The second-order valence-electron chi connectivity index (χ2n) is 4.90. The largest absolute Gasteiger partial charge is 0.478 e. The Balaban J connectivity index is 6.34. The van der Waals surface area contributed by atoms with Gasteiger partial charge in [-0.2, -0.15) is 57.1 Å². The molecule has 0 radical (unpaired) electrons. The van der Waals surface area contributed by atoms with Gasteiger partial charge >= 0.3 is 42.4 Å². The third-order valence-electron chi connectivity index (χ3n) is 2.73. The van der Waals surface area contributed by atoms with Crippen molar-refractivity contribution in [3.63, 3.8) is 0 Å². The first-order chi connectivity index (χ1) is 12.0. The zero-order chi connectivity index (χ0) is 23.0. The maximum atomic E-state index is 13.7. The molecule has 0 aromatic rings. The van der Waals surface area contributed by atoms with Crippen LogP contribution in [0.3, 0.4) is 0 Å². The molecule has 0 aromatic carbocycles. The van der Waals surface area contributed by atoms with Crippen LogP contribution in [0, 0.1) is 0 Å². The van der Waals surface area contributed by atoms with Gasteiger partial charge in [-0.05, 0) is 4.53 Å². The van der Waals surface area contributed by atoms with Crippen LogP contribution in [0.5, 0.6) is 0 Å². The molecule has 19 heteroatoms. The van der Waals surface area contributed by atoms with Crippen LogP contribution in [-0.4, -0.2) is 52.6 Å². The monoisotopic (exact) mass is 476 g/mol. The molecule has 0 fully saturated rings. The summed E-state index contributed by atoms with van der Waals surface area (Å²) in [6, 6.07) is -0.928. The molecule has 0 aliphatic carbocycles. The zero-order valence-corrected chi connectivity index (χ0v) is 14.8. The Morgan fingerprint density at radius 2 is 1.00 bits per heavy atom. The molecule has 170 valence electrons. The average Bonchev–Trinajstić information content (AvgIpc) is 2.43. The van der Waals surface area contributed by atoms with Crippen LogP contribution in [0.4, 0.5) is 66.0 Å². The number of rotatable bonds is 9. The number of halogens is 15. The Morgan fingerprint density at radius 3 is 1.29 bits per heavy atom. The quantitative estimate of drug-likeness (QED) is 0.367. The van der Waals surface area contributed by atoms with Crippen LogP contribution in [0.15, 0.2) is 0 Å². The molecule has 0 aliphatic rings. The van der Waals surface area contributed by atoms with E-state index in [0.717, 1.165) is 0 Å². The minimum Gasteiger partial charge on any atom is -0.270 e. The lowest BCUT2D eigenvalue weighted by Crippen LogP contribution is -2.66. The van der Waals surface area contributed by atoms with E-state index >= 15 is 0 Å². The van der Waals surface area contributed by atoms with Crippen LogP contribution in [0.2, 0.25) is 6.04 Å². The predicted molar refractivity (Wildman–Crippen MR) is 58.4 cm³/mol. The Labute approximate surface area is 147 Å². The van der Waals surface area contributed by atoms with Crippen molar-refractivity contribution in [1.29, 1.82) is 0 Å². The van der Waals surface area contributed by atoms with Gasteiger partial charge in [0.15, 0.2) is 0 Å². The van der Waals surface area contributed by atoms with E-state index in [1.54, 1.807) is 4.74 Å². The van der Waals surface area contributed by atoms with Crippen LogP contribution in [0.1, 0.15) is 6.42 Å². The average molecular weight is 476 g/mol. The number of alkyl halides is 14.